The number of hydrogen-bond acceptors (Lipinski definition) is 4. The fourth-order valence-corrected chi connectivity index (χ4v) is 2.77. The van der Waals surface area contributed by atoms with Crippen molar-refractivity contribution in [3.8, 4) is 0 Å². The molecule has 0 bridgehead atoms. The van der Waals surface area contributed by atoms with Crippen LogP contribution in [0.1, 0.15) is 18.9 Å². The average molecular weight is 252 g/mol. The predicted octanol–water partition coefficient (Wildman–Crippen LogP) is 0.893. The van der Waals surface area contributed by atoms with E-state index >= 15 is 0 Å². The first-order chi connectivity index (χ1) is 7.94. The van der Waals surface area contributed by atoms with Crippen LogP contribution >= 0.6 is 0 Å². The van der Waals surface area contributed by atoms with Gasteiger partial charge in [0.1, 0.15) is 16.6 Å². The van der Waals surface area contributed by atoms with E-state index < -0.39 is 10.0 Å². The summed E-state index contributed by atoms with van der Waals surface area (Å²) >= 11 is 0. The summed E-state index contributed by atoms with van der Waals surface area (Å²) in [5, 5.41) is 10.2. The summed E-state index contributed by atoms with van der Waals surface area (Å²) in [6, 6.07) is 4.55. The van der Waals surface area contributed by atoms with Gasteiger partial charge in [0.2, 0.25) is 0 Å². The maximum atomic E-state index is 11.9. The standard InChI is InChI=1S/C10H12N4O2S/c1-2-9-13-7-4-3-6(10(11)12)5-8(7)17(15,16)14-9/h3-5H,2H2,1H3,(H3,11,12)(H,13,14). The number of sulfonamides is 1. The highest BCUT2D eigenvalue weighted by Crippen LogP contribution is 2.28. The van der Waals surface area contributed by atoms with Gasteiger partial charge in [-0.15, -0.1) is 4.40 Å². The van der Waals surface area contributed by atoms with E-state index in [-0.39, 0.29) is 10.7 Å². The molecule has 17 heavy (non-hydrogen) atoms. The van der Waals surface area contributed by atoms with Crippen LogP contribution in [-0.4, -0.2) is 20.1 Å². The van der Waals surface area contributed by atoms with E-state index in [0.717, 1.165) is 0 Å². The Bertz CT molecular complexity index is 619. The van der Waals surface area contributed by atoms with Crippen molar-refractivity contribution in [1.29, 1.82) is 5.41 Å². The number of amidine groups is 2. The zero-order valence-corrected chi connectivity index (χ0v) is 10.0. The molecule has 90 valence electrons. The predicted molar refractivity (Wildman–Crippen MR) is 66.0 cm³/mol. The number of nitrogens with two attached hydrogens (primary N) is 1. The quantitative estimate of drug-likeness (QED) is 0.536. The molecule has 0 radical (unpaired) electrons. The lowest BCUT2D eigenvalue weighted by Crippen LogP contribution is -2.21. The minimum absolute atomic E-state index is 0.0578. The van der Waals surface area contributed by atoms with Crippen LogP contribution in [0.5, 0.6) is 0 Å². The normalized spacial score (nSPS) is 16.6. The molecule has 2 rings (SSSR count). The summed E-state index contributed by atoms with van der Waals surface area (Å²) in [5.41, 5.74) is 6.16. The molecule has 1 heterocycles. The van der Waals surface area contributed by atoms with Gasteiger partial charge in [-0.1, -0.05) is 6.92 Å². The van der Waals surface area contributed by atoms with Crippen LogP contribution < -0.4 is 11.1 Å². The highest BCUT2D eigenvalue weighted by molar-refractivity contribution is 7.90. The third-order valence-electron chi connectivity index (χ3n) is 2.41. The Morgan fingerprint density at radius 1 is 1.53 bits per heavy atom. The van der Waals surface area contributed by atoms with Crippen LogP contribution in [-0.2, 0) is 10.0 Å². The molecule has 4 N–H and O–H groups in total. The van der Waals surface area contributed by atoms with Crippen molar-refractivity contribution in [3.63, 3.8) is 0 Å². The molecule has 0 spiro atoms. The molecule has 0 amide bonds. The second-order valence-electron chi connectivity index (χ2n) is 3.62. The van der Waals surface area contributed by atoms with Gasteiger partial charge in [0.05, 0.1) is 5.69 Å². The number of fused-ring (bicyclic) bond motifs is 1. The van der Waals surface area contributed by atoms with Crippen molar-refractivity contribution in [3.05, 3.63) is 23.8 Å². The zero-order chi connectivity index (χ0) is 12.6. The minimum Gasteiger partial charge on any atom is -0.384 e. The smallest absolute Gasteiger partial charge is 0.286 e. The monoisotopic (exact) mass is 252 g/mol. The van der Waals surface area contributed by atoms with Crippen molar-refractivity contribution >= 4 is 27.4 Å². The van der Waals surface area contributed by atoms with E-state index in [0.29, 0.717) is 23.5 Å². The first kappa shape index (κ1) is 11.6. The summed E-state index contributed by atoms with van der Waals surface area (Å²) in [6.07, 6.45) is 0.507. The lowest BCUT2D eigenvalue weighted by Gasteiger charge is -2.17. The molecular weight excluding hydrogens is 240 g/mol. The van der Waals surface area contributed by atoms with Crippen LogP contribution in [0.4, 0.5) is 5.69 Å². The maximum Gasteiger partial charge on any atom is 0.286 e. The fourth-order valence-electron chi connectivity index (χ4n) is 1.53. The zero-order valence-electron chi connectivity index (χ0n) is 9.19. The Kier molecular flexibility index (Phi) is 2.62. The van der Waals surface area contributed by atoms with Crippen molar-refractivity contribution in [2.24, 2.45) is 10.1 Å². The SMILES string of the molecule is CCC1=NS(=O)(=O)c2cc(C(=N)N)ccc2N1. The van der Waals surface area contributed by atoms with E-state index in [1.54, 1.807) is 12.1 Å². The largest absolute Gasteiger partial charge is 0.384 e. The van der Waals surface area contributed by atoms with Gasteiger partial charge >= 0.3 is 0 Å². The molecule has 0 aliphatic carbocycles. The molecule has 1 aliphatic rings. The minimum atomic E-state index is -3.69. The number of nitrogens with one attached hydrogen (secondary N) is 2. The third kappa shape index (κ3) is 2.01. The average Bonchev–Trinajstić information content (AvgIpc) is 2.27. The molecule has 0 aromatic heterocycles. The van der Waals surface area contributed by atoms with Crippen LogP contribution in [0.2, 0.25) is 0 Å². The number of nitrogens with zero attached hydrogens (tertiary/aromatic N) is 1. The van der Waals surface area contributed by atoms with Crippen molar-refractivity contribution in [2.45, 2.75) is 18.2 Å². The first-order valence-electron chi connectivity index (χ1n) is 5.03. The molecule has 1 aromatic rings. The Labute approximate surface area is 99.1 Å². The van der Waals surface area contributed by atoms with E-state index in [4.69, 9.17) is 11.1 Å². The molecule has 0 atom stereocenters. The summed E-state index contributed by atoms with van der Waals surface area (Å²) in [7, 11) is -3.69. The topological polar surface area (TPSA) is 108 Å². The molecule has 0 unspecified atom stereocenters. The molecule has 0 fully saturated rings. The molecule has 1 aromatic carbocycles. The maximum absolute atomic E-state index is 11.9. The van der Waals surface area contributed by atoms with Gasteiger partial charge in [0.25, 0.3) is 10.0 Å². The van der Waals surface area contributed by atoms with Gasteiger partial charge in [-0.25, -0.2) is 0 Å². The Morgan fingerprint density at radius 2 is 2.24 bits per heavy atom. The molecule has 0 saturated carbocycles. The molecule has 0 saturated heterocycles. The van der Waals surface area contributed by atoms with Crippen LogP contribution in [0, 0.1) is 5.41 Å². The number of rotatable bonds is 2. The number of anilines is 1. The highest BCUT2D eigenvalue weighted by Gasteiger charge is 2.24. The van der Waals surface area contributed by atoms with Crippen molar-refractivity contribution in [1.82, 2.24) is 0 Å². The molecule has 7 heteroatoms. The van der Waals surface area contributed by atoms with Crippen LogP contribution in [0.3, 0.4) is 0 Å². The van der Waals surface area contributed by atoms with Crippen LogP contribution in [0.25, 0.3) is 0 Å². The van der Waals surface area contributed by atoms with Gasteiger partial charge in [0.15, 0.2) is 0 Å². The molecular formula is C10H12N4O2S. The van der Waals surface area contributed by atoms with Gasteiger partial charge < -0.3 is 11.1 Å². The van der Waals surface area contributed by atoms with Gasteiger partial charge in [-0.2, -0.15) is 8.42 Å². The summed E-state index contributed by atoms with van der Waals surface area (Å²) in [4.78, 5) is 0.0578. The van der Waals surface area contributed by atoms with E-state index in [9.17, 15) is 8.42 Å². The van der Waals surface area contributed by atoms with Gasteiger partial charge in [0, 0.05) is 12.0 Å². The lowest BCUT2D eigenvalue weighted by molar-refractivity contribution is 0.597. The summed E-state index contributed by atoms with van der Waals surface area (Å²) < 4.78 is 27.4. The number of nitrogen functional groups attached to an aromatic ring is 1. The first-order valence-corrected chi connectivity index (χ1v) is 6.47. The van der Waals surface area contributed by atoms with Crippen molar-refractivity contribution < 1.29 is 8.42 Å². The number of hydrogen-bond donors (Lipinski definition) is 3. The Balaban J connectivity index is 2.62. The summed E-state index contributed by atoms with van der Waals surface area (Å²) in [6.45, 7) is 1.82. The lowest BCUT2D eigenvalue weighted by atomic mass is 10.2. The van der Waals surface area contributed by atoms with E-state index in [1.807, 2.05) is 6.92 Å². The number of benzene rings is 1. The second-order valence-corrected chi connectivity index (χ2v) is 5.19. The third-order valence-corrected chi connectivity index (χ3v) is 3.77. The van der Waals surface area contributed by atoms with Crippen molar-refractivity contribution in [2.75, 3.05) is 5.32 Å². The molecule has 1 aliphatic heterocycles. The second kappa shape index (κ2) is 3.85. The van der Waals surface area contributed by atoms with Crippen LogP contribution in [0.15, 0.2) is 27.5 Å². The van der Waals surface area contributed by atoms with Gasteiger partial charge in [-0.3, -0.25) is 5.41 Å². The highest BCUT2D eigenvalue weighted by atomic mass is 32.2. The Morgan fingerprint density at radius 3 is 2.82 bits per heavy atom. The Hall–Kier alpha value is -1.89. The summed E-state index contributed by atoms with van der Waals surface area (Å²) in [5.74, 6) is 0.237. The van der Waals surface area contributed by atoms with E-state index in [2.05, 4.69) is 9.71 Å². The fraction of sp³-hybridized carbons (Fsp3) is 0.200. The van der Waals surface area contributed by atoms with E-state index in [1.165, 1.54) is 6.07 Å². The van der Waals surface area contributed by atoms with Gasteiger partial charge in [-0.05, 0) is 18.2 Å². The molecule has 6 nitrogen and oxygen atoms in total.